The Morgan fingerprint density at radius 3 is 2.44 bits per heavy atom. The van der Waals surface area contributed by atoms with Crippen molar-refractivity contribution in [3.63, 3.8) is 0 Å². The Morgan fingerprint density at radius 2 is 1.81 bits per heavy atom. The quantitative estimate of drug-likeness (QED) is 0.505. The van der Waals surface area contributed by atoms with Gasteiger partial charge in [-0.05, 0) is 31.2 Å². The smallest absolute Gasteiger partial charge is 0.429 e. The second kappa shape index (κ2) is 7.70. The molecule has 9 heteroatoms. The van der Waals surface area contributed by atoms with Gasteiger partial charge in [0.25, 0.3) is 0 Å². The summed E-state index contributed by atoms with van der Waals surface area (Å²) in [6.07, 6.45) is -4.53. The summed E-state index contributed by atoms with van der Waals surface area (Å²) in [5.41, 5.74) is 0.249. The SMILES string of the molecule is CCOc1ccc(Oc2cc3c(c(Cl)c2Cl)C=CC(C(F)(F)F)O3)cc1Cl. The number of ether oxygens (including phenoxy) is 3. The molecule has 3 rings (SSSR count). The van der Waals surface area contributed by atoms with Crippen LogP contribution in [-0.4, -0.2) is 18.9 Å². The Balaban J connectivity index is 1.93. The molecular weight excluding hydrogens is 428 g/mol. The maximum absolute atomic E-state index is 12.9. The fourth-order valence-electron chi connectivity index (χ4n) is 2.40. The number of alkyl halides is 3. The van der Waals surface area contributed by atoms with E-state index < -0.39 is 12.3 Å². The predicted molar refractivity (Wildman–Crippen MR) is 98.7 cm³/mol. The summed E-state index contributed by atoms with van der Waals surface area (Å²) in [6, 6.07) is 5.94. The molecule has 0 bridgehead atoms. The first kappa shape index (κ1) is 20.0. The lowest BCUT2D eigenvalue weighted by molar-refractivity contribution is -0.180. The Morgan fingerprint density at radius 1 is 1.07 bits per heavy atom. The van der Waals surface area contributed by atoms with Gasteiger partial charge in [0, 0.05) is 17.7 Å². The highest BCUT2D eigenvalue weighted by Gasteiger charge is 2.42. The summed E-state index contributed by atoms with van der Waals surface area (Å²) in [6.45, 7) is 2.26. The first-order valence-corrected chi connectivity index (χ1v) is 8.88. The van der Waals surface area contributed by atoms with Crippen molar-refractivity contribution in [1.82, 2.24) is 0 Å². The topological polar surface area (TPSA) is 27.7 Å². The zero-order valence-electron chi connectivity index (χ0n) is 13.7. The van der Waals surface area contributed by atoms with E-state index in [0.29, 0.717) is 23.1 Å². The normalized spacial score (nSPS) is 15.9. The number of benzene rings is 2. The van der Waals surface area contributed by atoms with Crippen LogP contribution in [0.1, 0.15) is 12.5 Å². The lowest BCUT2D eigenvalue weighted by Gasteiger charge is -2.25. The van der Waals surface area contributed by atoms with Crippen LogP contribution in [0.25, 0.3) is 6.08 Å². The molecule has 0 fully saturated rings. The summed E-state index contributed by atoms with van der Waals surface area (Å²) < 4.78 is 54.7. The molecule has 0 aliphatic carbocycles. The molecule has 0 N–H and O–H groups in total. The van der Waals surface area contributed by atoms with Crippen LogP contribution in [0.15, 0.2) is 30.3 Å². The lowest BCUT2D eigenvalue weighted by Crippen LogP contribution is -2.33. The zero-order chi connectivity index (χ0) is 19.8. The molecule has 0 saturated carbocycles. The molecule has 1 unspecified atom stereocenters. The van der Waals surface area contributed by atoms with Crippen LogP contribution in [0.2, 0.25) is 15.1 Å². The van der Waals surface area contributed by atoms with Gasteiger partial charge in [-0.25, -0.2) is 0 Å². The Labute approximate surface area is 168 Å². The van der Waals surface area contributed by atoms with Gasteiger partial charge in [-0.1, -0.05) is 34.8 Å². The van der Waals surface area contributed by atoms with Crippen molar-refractivity contribution < 1.29 is 27.4 Å². The third-order valence-electron chi connectivity index (χ3n) is 3.62. The van der Waals surface area contributed by atoms with E-state index >= 15 is 0 Å². The van der Waals surface area contributed by atoms with Crippen LogP contribution >= 0.6 is 34.8 Å². The second-order valence-electron chi connectivity index (χ2n) is 5.48. The van der Waals surface area contributed by atoms with Gasteiger partial charge in [-0.3, -0.25) is 0 Å². The fraction of sp³-hybridized carbons (Fsp3) is 0.222. The van der Waals surface area contributed by atoms with Crippen molar-refractivity contribution in [2.75, 3.05) is 6.61 Å². The monoisotopic (exact) mass is 438 g/mol. The molecule has 1 aliphatic rings. The minimum absolute atomic E-state index is 0.0260. The number of hydrogen-bond donors (Lipinski definition) is 0. The van der Waals surface area contributed by atoms with Crippen LogP contribution in [0.3, 0.4) is 0 Å². The average Bonchev–Trinajstić information content (AvgIpc) is 2.60. The van der Waals surface area contributed by atoms with E-state index in [1.165, 1.54) is 18.2 Å². The largest absolute Gasteiger partial charge is 0.492 e. The molecule has 0 saturated heterocycles. The summed E-state index contributed by atoms with van der Waals surface area (Å²) in [5, 5.41) is 0.378. The molecular formula is C18H12Cl3F3O3. The van der Waals surface area contributed by atoms with Crippen molar-refractivity contribution in [2.45, 2.75) is 19.2 Å². The zero-order valence-corrected chi connectivity index (χ0v) is 16.0. The Kier molecular flexibility index (Phi) is 5.70. The molecule has 0 aromatic heterocycles. The van der Waals surface area contributed by atoms with Crippen LogP contribution < -0.4 is 14.2 Å². The minimum Gasteiger partial charge on any atom is -0.492 e. The summed E-state index contributed by atoms with van der Waals surface area (Å²) in [7, 11) is 0. The third-order valence-corrected chi connectivity index (χ3v) is 4.78. The van der Waals surface area contributed by atoms with Crippen LogP contribution in [0.4, 0.5) is 13.2 Å². The number of fused-ring (bicyclic) bond motifs is 1. The first-order valence-electron chi connectivity index (χ1n) is 7.74. The van der Waals surface area contributed by atoms with Gasteiger partial charge in [0.05, 0.1) is 16.7 Å². The molecule has 1 atom stereocenters. The van der Waals surface area contributed by atoms with Gasteiger partial charge < -0.3 is 14.2 Å². The number of hydrogen-bond acceptors (Lipinski definition) is 3. The standard InChI is InChI=1S/C18H12Cl3F3O3/c1-2-25-12-5-3-9(7-11(12)19)26-14-8-13-10(16(20)17(14)21)4-6-15(27-13)18(22,23)24/h3-8,15H,2H2,1H3. The molecule has 0 spiro atoms. The van der Waals surface area contributed by atoms with Gasteiger partial charge in [0.1, 0.15) is 22.3 Å². The number of rotatable bonds is 4. The van der Waals surface area contributed by atoms with Gasteiger partial charge in [-0.15, -0.1) is 0 Å². The van der Waals surface area contributed by atoms with E-state index in [2.05, 4.69) is 0 Å². The van der Waals surface area contributed by atoms with Crippen molar-refractivity contribution >= 4 is 40.9 Å². The first-order chi connectivity index (χ1) is 12.7. The summed E-state index contributed by atoms with van der Waals surface area (Å²) in [4.78, 5) is 0. The highest BCUT2D eigenvalue weighted by atomic mass is 35.5. The second-order valence-corrected chi connectivity index (χ2v) is 6.64. The highest BCUT2D eigenvalue weighted by molar-refractivity contribution is 6.44. The summed E-state index contributed by atoms with van der Waals surface area (Å²) in [5.74, 6) is 0.737. The molecule has 2 aromatic carbocycles. The van der Waals surface area contributed by atoms with Gasteiger partial charge in [0.15, 0.2) is 5.75 Å². The van der Waals surface area contributed by atoms with E-state index in [-0.39, 0.29) is 27.1 Å². The Bertz CT molecular complexity index is 898. The third kappa shape index (κ3) is 4.23. The predicted octanol–water partition coefficient (Wildman–Crippen LogP) is 7.17. The fourth-order valence-corrected chi connectivity index (χ4v) is 3.07. The van der Waals surface area contributed by atoms with Gasteiger partial charge >= 0.3 is 6.18 Å². The van der Waals surface area contributed by atoms with Gasteiger partial charge in [-0.2, -0.15) is 13.2 Å². The number of halogens is 6. The lowest BCUT2D eigenvalue weighted by atomic mass is 10.1. The molecule has 27 heavy (non-hydrogen) atoms. The summed E-state index contributed by atoms with van der Waals surface area (Å²) >= 11 is 18.5. The molecule has 1 aliphatic heterocycles. The minimum atomic E-state index is -4.55. The van der Waals surface area contributed by atoms with E-state index in [9.17, 15) is 13.2 Å². The van der Waals surface area contributed by atoms with Crippen LogP contribution in [-0.2, 0) is 0 Å². The molecule has 2 aromatic rings. The maximum Gasteiger partial charge on any atom is 0.429 e. The van der Waals surface area contributed by atoms with Crippen molar-refractivity contribution in [3.05, 3.63) is 51.0 Å². The van der Waals surface area contributed by atoms with Gasteiger partial charge in [0.2, 0.25) is 6.10 Å². The molecule has 3 nitrogen and oxygen atoms in total. The Hall–Kier alpha value is -1.76. The van der Waals surface area contributed by atoms with Crippen LogP contribution in [0, 0.1) is 0 Å². The molecule has 0 amide bonds. The maximum atomic E-state index is 12.9. The van der Waals surface area contributed by atoms with E-state index in [4.69, 9.17) is 49.0 Å². The van der Waals surface area contributed by atoms with Crippen molar-refractivity contribution in [2.24, 2.45) is 0 Å². The van der Waals surface area contributed by atoms with Crippen molar-refractivity contribution in [1.29, 1.82) is 0 Å². The molecule has 1 heterocycles. The average molecular weight is 440 g/mol. The van der Waals surface area contributed by atoms with E-state index in [1.807, 2.05) is 6.92 Å². The molecule has 144 valence electrons. The van der Waals surface area contributed by atoms with E-state index in [0.717, 1.165) is 6.08 Å². The van der Waals surface area contributed by atoms with Crippen molar-refractivity contribution in [3.8, 4) is 23.0 Å². The van der Waals surface area contributed by atoms with Crippen LogP contribution in [0.5, 0.6) is 23.0 Å². The molecule has 0 radical (unpaired) electrons. The van der Waals surface area contributed by atoms with E-state index in [1.54, 1.807) is 12.1 Å². The highest BCUT2D eigenvalue weighted by Crippen LogP contribution is 2.46.